The number of benzene rings is 1. The van der Waals surface area contributed by atoms with Crippen molar-refractivity contribution in [3.05, 3.63) is 63.2 Å². The number of ether oxygens (including phenoxy) is 2. The fourth-order valence-corrected chi connectivity index (χ4v) is 6.10. The molecule has 2 atom stereocenters. The highest BCUT2D eigenvalue weighted by molar-refractivity contribution is 7.79. The average molecular weight is 688 g/mol. The van der Waals surface area contributed by atoms with Gasteiger partial charge in [-0.3, -0.25) is 9.78 Å². The van der Waals surface area contributed by atoms with Crippen LogP contribution in [0.2, 0.25) is 0 Å². The summed E-state index contributed by atoms with van der Waals surface area (Å²) < 4.78 is 66.6. The predicted octanol–water partition coefficient (Wildman–Crippen LogP) is 9.57. The lowest BCUT2D eigenvalue weighted by atomic mass is 9.70. The molecule has 266 valence electrons. The van der Waals surface area contributed by atoms with Gasteiger partial charge in [0.1, 0.15) is 11.9 Å². The molecule has 2 aromatic rings. The molecule has 3 heterocycles. The normalized spacial score (nSPS) is 20.9. The van der Waals surface area contributed by atoms with Gasteiger partial charge in [-0.15, -0.1) is 0 Å². The number of halogens is 4. The second-order valence-electron chi connectivity index (χ2n) is 14.6. The molecule has 1 aromatic carbocycles. The number of hydrogen-bond acceptors (Lipinski definition) is 6. The van der Waals surface area contributed by atoms with Gasteiger partial charge in [0.05, 0.1) is 17.3 Å². The van der Waals surface area contributed by atoms with E-state index < -0.39 is 41.3 Å². The molecule has 47 heavy (non-hydrogen) atoms. The first-order valence-corrected chi connectivity index (χ1v) is 17.0. The third-order valence-corrected chi connectivity index (χ3v) is 8.68. The summed E-state index contributed by atoms with van der Waals surface area (Å²) in [7, 11) is 0. The van der Waals surface area contributed by atoms with Gasteiger partial charge in [0, 0.05) is 55.5 Å². The van der Waals surface area contributed by atoms with Crippen molar-refractivity contribution in [2.24, 2.45) is 10.8 Å². The molecule has 0 bridgehead atoms. The minimum absolute atomic E-state index is 0.00313. The Morgan fingerprint density at radius 2 is 1.64 bits per heavy atom. The largest absolute Gasteiger partial charge is 0.481 e. The van der Waals surface area contributed by atoms with E-state index in [1.54, 1.807) is 6.26 Å². The van der Waals surface area contributed by atoms with Crippen LogP contribution in [-0.2, 0) is 32.5 Å². The smallest absolute Gasteiger partial charge is 0.419 e. The Bertz CT molecular complexity index is 1360. The zero-order chi connectivity index (χ0) is 36.1. The first-order chi connectivity index (χ1) is 21.6. The van der Waals surface area contributed by atoms with E-state index in [2.05, 4.69) is 54.2 Å². The second-order valence-corrected chi connectivity index (χ2v) is 14.6. The van der Waals surface area contributed by atoms with Crippen LogP contribution in [0.5, 0.6) is 0 Å². The van der Waals surface area contributed by atoms with Gasteiger partial charge in [-0.1, -0.05) is 67.9 Å². The molecule has 0 saturated carbocycles. The zero-order valence-corrected chi connectivity index (χ0v) is 30.3. The molecule has 1 aromatic heterocycles. The van der Waals surface area contributed by atoms with E-state index in [1.807, 2.05) is 13.8 Å². The van der Waals surface area contributed by atoms with Crippen LogP contribution in [0.4, 0.5) is 17.6 Å². The number of thiol groups is 1. The molecule has 3 aliphatic rings. The Labute approximate surface area is 283 Å². The zero-order valence-electron chi connectivity index (χ0n) is 29.4. The average Bonchev–Trinajstić information content (AvgIpc) is 3.26. The Balaban J connectivity index is 0.000000554. The molecule has 2 N–H and O–H groups in total. The minimum atomic E-state index is -4.78. The van der Waals surface area contributed by atoms with Gasteiger partial charge in [0.2, 0.25) is 0 Å². The number of alkyl halides is 3. The number of carboxylic acids is 1. The lowest BCUT2D eigenvalue weighted by Gasteiger charge is -2.40. The summed E-state index contributed by atoms with van der Waals surface area (Å²) in [5.74, 6) is -2.16. The number of nitrogens with zero attached hydrogens (tertiary/aromatic N) is 1. The topological polar surface area (TPSA) is 88.9 Å². The van der Waals surface area contributed by atoms with Crippen LogP contribution in [0.15, 0.2) is 18.2 Å². The quantitative estimate of drug-likeness (QED) is 0.215. The standard InChI is InChI=1S/C27H31F4NO3.C6H14.C2H4O2.CH4S/c1-14(2)23-21-22(20-18(32-23)12-25(3,4)13-19(20)33)26(7-9-34-10-8-26)35-24(21)15-5-6-16(17(28)11-15)27(29,30)31;1-5-6(2,3)4;1-2(3)4;1-2/h5-6,11,14,19,24,33H,7-10,12-13H2,1-4H3;5H2,1-4H3;1H3,(H,3,4);2H,1H3. The van der Waals surface area contributed by atoms with Crippen LogP contribution in [-0.4, -0.2) is 40.6 Å². The van der Waals surface area contributed by atoms with Crippen molar-refractivity contribution in [2.45, 2.75) is 124 Å². The van der Waals surface area contributed by atoms with Crippen molar-refractivity contribution in [1.82, 2.24) is 4.98 Å². The predicted molar refractivity (Wildman–Crippen MR) is 179 cm³/mol. The van der Waals surface area contributed by atoms with Crippen LogP contribution in [0.3, 0.4) is 0 Å². The number of carbonyl (C=O) groups is 1. The third-order valence-electron chi connectivity index (χ3n) is 8.68. The van der Waals surface area contributed by atoms with Gasteiger partial charge >= 0.3 is 6.18 Å². The fourth-order valence-electron chi connectivity index (χ4n) is 6.10. The highest BCUT2D eigenvalue weighted by Crippen LogP contribution is 2.57. The number of hydrogen-bond donors (Lipinski definition) is 3. The van der Waals surface area contributed by atoms with E-state index in [4.69, 9.17) is 24.4 Å². The van der Waals surface area contributed by atoms with E-state index in [-0.39, 0.29) is 11.3 Å². The van der Waals surface area contributed by atoms with Crippen molar-refractivity contribution >= 4 is 18.6 Å². The lowest BCUT2D eigenvalue weighted by Crippen LogP contribution is -2.37. The Morgan fingerprint density at radius 3 is 2.09 bits per heavy atom. The third kappa shape index (κ3) is 10.2. The SMILES string of the molecule is CC(=O)O.CC(C)c1nc2c(c3c1C(c1ccc(C(F)(F)F)c(F)c1)OC31CCOCC1)C(O)CC(C)(C)C2.CCC(C)(C)C.CS. The van der Waals surface area contributed by atoms with Crippen molar-refractivity contribution in [2.75, 3.05) is 19.5 Å². The maximum absolute atomic E-state index is 14.6. The molecule has 1 spiro atoms. The van der Waals surface area contributed by atoms with Crippen LogP contribution < -0.4 is 0 Å². The molecule has 2 unspecified atom stereocenters. The van der Waals surface area contributed by atoms with Crippen LogP contribution in [0.25, 0.3) is 0 Å². The number of aliphatic carboxylic acids is 1. The summed E-state index contributed by atoms with van der Waals surface area (Å²) in [6, 6.07) is 3.00. The number of carboxylic acid groups (broad SMARTS) is 1. The first kappa shape index (κ1) is 41.0. The molecule has 1 saturated heterocycles. The molecule has 1 fully saturated rings. The van der Waals surface area contributed by atoms with Gasteiger partial charge in [0.25, 0.3) is 5.97 Å². The van der Waals surface area contributed by atoms with Gasteiger partial charge in [0.15, 0.2) is 0 Å². The molecule has 11 heteroatoms. The maximum atomic E-state index is 14.6. The molecular formula is C36H53F4NO5S. The van der Waals surface area contributed by atoms with E-state index in [1.165, 1.54) is 12.5 Å². The van der Waals surface area contributed by atoms with E-state index in [0.717, 1.165) is 47.1 Å². The van der Waals surface area contributed by atoms with E-state index in [9.17, 15) is 22.7 Å². The molecule has 1 aliphatic carbocycles. The molecule has 0 radical (unpaired) electrons. The summed E-state index contributed by atoms with van der Waals surface area (Å²) in [6.07, 6.45) is -0.959. The highest BCUT2D eigenvalue weighted by Gasteiger charge is 2.52. The van der Waals surface area contributed by atoms with Crippen molar-refractivity contribution in [3.63, 3.8) is 0 Å². The molecule has 0 amide bonds. The number of pyridine rings is 1. The van der Waals surface area contributed by atoms with Crippen LogP contribution >= 0.6 is 12.6 Å². The van der Waals surface area contributed by atoms with Crippen molar-refractivity contribution < 1.29 is 42.0 Å². The van der Waals surface area contributed by atoms with Crippen LogP contribution in [0.1, 0.15) is 145 Å². The summed E-state index contributed by atoms with van der Waals surface area (Å²) in [6.45, 7) is 19.2. The molecule has 2 aliphatic heterocycles. The summed E-state index contributed by atoms with van der Waals surface area (Å²) in [5, 5.41) is 18.7. The Hall–Kier alpha value is -2.21. The van der Waals surface area contributed by atoms with Gasteiger partial charge in [-0.2, -0.15) is 25.8 Å². The van der Waals surface area contributed by atoms with E-state index >= 15 is 0 Å². The highest BCUT2D eigenvalue weighted by atomic mass is 32.1. The maximum Gasteiger partial charge on any atom is 0.419 e. The number of aliphatic hydroxyl groups excluding tert-OH is 1. The Morgan fingerprint density at radius 1 is 1.11 bits per heavy atom. The number of aliphatic hydroxyl groups is 1. The van der Waals surface area contributed by atoms with Crippen molar-refractivity contribution in [1.29, 1.82) is 0 Å². The summed E-state index contributed by atoms with van der Waals surface area (Å²) in [4.78, 5) is 14.0. The summed E-state index contributed by atoms with van der Waals surface area (Å²) in [5.41, 5.74) is 2.74. The number of fused-ring (bicyclic) bond motifs is 4. The first-order valence-electron chi connectivity index (χ1n) is 16.1. The monoisotopic (exact) mass is 687 g/mol. The number of rotatable bonds is 2. The minimum Gasteiger partial charge on any atom is -0.481 e. The second kappa shape index (κ2) is 16.0. The van der Waals surface area contributed by atoms with Crippen LogP contribution in [0, 0.1) is 16.6 Å². The summed E-state index contributed by atoms with van der Waals surface area (Å²) >= 11 is 3.53. The van der Waals surface area contributed by atoms with Crippen molar-refractivity contribution in [3.8, 4) is 0 Å². The van der Waals surface area contributed by atoms with Gasteiger partial charge < -0.3 is 19.7 Å². The lowest BCUT2D eigenvalue weighted by molar-refractivity contribution is -0.140. The fraction of sp³-hybridized carbons (Fsp3) is 0.667. The van der Waals surface area contributed by atoms with Gasteiger partial charge in [-0.05, 0) is 59.1 Å². The molecule has 5 rings (SSSR count). The molecular weight excluding hydrogens is 634 g/mol. The molecule has 6 nitrogen and oxygen atoms in total. The number of aromatic nitrogens is 1. The van der Waals surface area contributed by atoms with Gasteiger partial charge in [-0.25, -0.2) is 4.39 Å². The van der Waals surface area contributed by atoms with E-state index in [0.29, 0.717) is 49.9 Å². The Kier molecular flexibility index (Phi) is 13.9.